The molecule has 2 aliphatic rings. The Kier molecular flexibility index (Phi) is 4.26. The Bertz CT molecular complexity index is 808. The molecule has 1 saturated heterocycles. The van der Waals surface area contributed by atoms with Crippen molar-refractivity contribution in [1.82, 2.24) is 0 Å². The monoisotopic (exact) mass is 359 g/mol. The second-order valence-corrected chi connectivity index (χ2v) is 7.27. The quantitative estimate of drug-likeness (QED) is 0.792. The molecule has 0 bridgehead atoms. The molecule has 0 spiro atoms. The number of benzene rings is 2. The third-order valence-electron chi connectivity index (χ3n) is 5.25. The number of phenolic OH excluding ortho intramolecular Hbond substituents is 1. The van der Waals surface area contributed by atoms with Crippen LogP contribution in [0.1, 0.15) is 41.7 Å². The van der Waals surface area contributed by atoms with Crippen LogP contribution in [0.2, 0.25) is 5.02 Å². The molecule has 1 fully saturated rings. The molecule has 132 valence electrons. The van der Waals surface area contributed by atoms with Gasteiger partial charge >= 0.3 is 0 Å². The summed E-state index contributed by atoms with van der Waals surface area (Å²) in [5.41, 5.74) is 4.58. The molecule has 0 aromatic heterocycles. The standard InChI is InChI=1S/C20H22ClNO3/c1-11-5-6-16-14(8-11)20-13(4-3-7-25-20)18(22-16)12-9-15(21)19(23)17(10-12)24-2/h5-6,8-10,13,18,20,22-23H,3-4,7H2,1-2H3/t13-,18?,20-/m0/s1. The van der Waals surface area contributed by atoms with Crippen molar-refractivity contribution in [3.63, 3.8) is 0 Å². The Morgan fingerprint density at radius 2 is 2.12 bits per heavy atom. The SMILES string of the molecule is COc1cc(C2Nc3ccc(C)cc3[C@H]3OCCC[C@@H]23)cc(Cl)c1O. The van der Waals surface area contributed by atoms with E-state index in [2.05, 4.69) is 30.4 Å². The summed E-state index contributed by atoms with van der Waals surface area (Å²) >= 11 is 6.22. The van der Waals surface area contributed by atoms with Crippen LogP contribution < -0.4 is 10.1 Å². The summed E-state index contributed by atoms with van der Waals surface area (Å²) in [6.07, 6.45) is 2.20. The molecular weight excluding hydrogens is 338 g/mol. The third kappa shape index (κ3) is 2.83. The van der Waals surface area contributed by atoms with E-state index in [1.165, 1.54) is 18.2 Å². The Hall–Kier alpha value is -1.91. The van der Waals surface area contributed by atoms with Crippen molar-refractivity contribution < 1.29 is 14.6 Å². The van der Waals surface area contributed by atoms with E-state index in [1.54, 1.807) is 0 Å². The molecule has 4 rings (SSSR count). The van der Waals surface area contributed by atoms with Crippen molar-refractivity contribution in [2.75, 3.05) is 19.0 Å². The number of nitrogens with one attached hydrogen (secondary N) is 1. The number of hydrogen-bond acceptors (Lipinski definition) is 4. The molecule has 5 heteroatoms. The van der Waals surface area contributed by atoms with E-state index in [9.17, 15) is 5.11 Å². The van der Waals surface area contributed by atoms with Gasteiger partial charge < -0.3 is 19.9 Å². The zero-order valence-electron chi connectivity index (χ0n) is 14.4. The predicted molar refractivity (Wildman–Crippen MR) is 98.6 cm³/mol. The number of aromatic hydroxyl groups is 1. The lowest BCUT2D eigenvalue weighted by molar-refractivity contribution is -0.0381. The topological polar surface area (TPSA) is 50.7 Å². The highest BCUT2D eigenvalue weighted by molar-refractivity contribution is 6.32. The van der Waals surface area contributed by atoms with Gasteiger partial charge in [-0.2, -0.15) is 0 Å². The van der Waals surface area contributed by atoms with Crippen molar-refractivity contribution in [2.24, 2.45) is 5.92 Å². The lowest BCUT2D eigenvalue weighted by Gasteiger charge is -2.43. The van der Waals surface area contributed by atoms with Gasteiger partial charge in [0.15, 0.2) is 11.5 Å². The first-order chi connectivity index (χ1) is 12.1. The highest BCUT2D eigenvalue weighted by Gasteiger charge is 2.40. The van der Waals surface area contributed by atoms with Gasteiger partial charge in [-0.1, -0.05) is 29.3 Å². The largest absolute Gasteiger partial charge is 0.503 e. The van der Waals surface area contributed by atoms with Crippen LogP contribution in [0.5, 0.6) is 11.5 Å². The van der Waals surface area contributed by atoms with Crippen LogP contribution >= 0.6 is 11.6 Å². The Balaban J connectivity index is 1.80. The number of rotatable bonds is 2. The zero-order valence-corrected chi connectivity index (χ0v) is 15.1. The summed E-state index contributed by atoms with van der Waals surface area (Å²) in [7, 11) is 1.54. The molecule has 2 heterocycles. The fraction of sp³-hybridized carbons (Fsp3) is 0.400. The predicted octanol–water partition coefficient (Wildman–Crippen LogP) is 5.00. The number of ether oxygens (including phenoxy) is 2. The smallest absolute Gasteiger partial charge is 0.176 e. The van der Waals surface area contributed by atoms with Crippen LogP contribution in [-0.2, 0) is 4.74 Å². The molecule has 1 unspecified atom stereocenters. The normalized spacial score (nSPS) is 24.8. The molecule has 2 aromatic rings. The third-order valence-corrected chi connectivity index (χ3v) is 5.54. The Labute approximate surface area is 152 Å². The minimum Gasteiger partial charge on any atom is -0.503 e. The van der Waals surface area contributed by atoms with E-state index in [0.717, 1.165) is 30.7 Å². The molecule has 2 aliphatic heterocycles. The second-order valence-electron chi connectivity index (χ2n) is 6.86. The van der Waals surface area contributed by atoms with E-state index in [1.807, 2.05) is 12.1 Å². The molecule has 2 aromatic carbocycles. The molecule has 4 nitrogen and oxygen atoms in total. The molecule has 0 radical (unpaired) electrons. The van der Waals surface area contributed by atoms with Crippen LogP contribution in [0, 0.1) is 12.8 Å². The van der Waals surface area contributed by atoms with Gasteiger partial charge in [0.1, 0.15) is 0 Å². The summed E-state index contributed by atoms with van der Waals surface area (Å²) in [5.74, 6) is 0.692. The van der Waals surface area contributed by atoms with E-state index in [0.29, 0.717) is 16.7 Å². The second kappa shape index (κ2) is 6.43. The number of phenols is 1. The molecule has 3 atom stereocenters. The number of halogens is 1. The number of hydrogen-bond donors (Lipinski definition) is 2. The van der Waals surface area contributed by atoms with E-state index >= 15 is 0 Å². The van der Waals surface area contributed by atoms with Gasteiger partial charge in [0.05, 0.1) is 24.3 Å². The average molecular weight is 360 g/mol. The minimum atomic E-state index is -0.0174. The van der Waals surface area contributed by atoms with E-state index in [-0.39, 0.29) is 17.9 Å². The first kappa shape index (κ1) is 16.6. The van der Waals surface area contributed by atoms with Crippen molar-refractivity contribution in [1.29, 1.82) is 0 Å². The van der Waals surface area contributed by atoms with Gasteiger partial charge in [-0.3, -0.25) is 0 Å². The molecule has 0 saturated carbocycles. The maximum atomic E-state index is 10.0. The molecule has 25 heavy (non-hydrogen) atoms. The van der Waals surface area contributed by atoms with Crippen LogP contribution in [0.4, 0.5) is 5.69 Å². The van der Waals surface area contributed by atoms with Gasteiger partial charge in [-0.15, -0.1) is 0 Å². The Morgan fingerprint density at radius 3 is 2.92 bits per heavy atom. The lowest BCUT2D eigenvalue weighted by Crippen LogP contribution is -2.36. The summed E-state index contributed by atoms with van der Waals surface area (Å²) in [6.45, 7) is 2.90. The molecule has 0 amide bonds. The Morgan fingerprint density at radius 1 is 1.28 bits per heavy atom. The van der Waals surface area contributed by atoms with Gasteiger partial charge in [0, 0.05) is 23.8 Å². The number of aryl methyl sites for hydroxylation is 1. The first-order valence-electron chi connectivity index (χ1n) is 8.63. The fourth-order valence-corrected chi connectivity index (χ4v) is 4.27. The molecular formula is C20H22ClNO3. The van der Waals surface area contributed by atoms with Crippen molar-refractivity contribution >= 4 is 17.3 Å². The number of fused-ring (bicyclic) bond motifs is 3. The minimum absolute atomic E-state index is 0.0174. The van der Waals surface area contributed by atoms with Crippen LogP contribution in [-0.4, -0.2) is 18.8 Å². The summed E-state index contributed by atoms with van der Waals surface area (Å²) < 4.78 is 11.5. The maximum Gasteiger partial charge on any atom is 0.176 e. The van der Waals surface area contributed by atoms with Crippen LogP contribution in [0.15, 0.2) is 30.3 Å². The number of anilines is 1. The maximum absolute atomic E-state index is 10.0. The van der Waals surface area contributed by atoms with Gasteiger partial charge in [-0.25, -0.2) is 0 Å². The van der Waals surface area contributed by atoms with E-state index in [4.69, 9.17) is 21.1 Å². The zero-order chi connectivity index (χ0) is 17.6. The van der Waals surface area contributed by atoms with Crippen molar-refractivity contribution in [2.45, 2.75) is 31.9 Å². The van der Waals surface area contributed by atoms with Crippen molar-refractivity contribution in [3.05, 3.63) is 52.0 Å². The molecule has 0 aliphatic carbocycles. The van der Waals surface area contributed by atoms with Gasteiger partial charge in [0.2, 0.25) is 0 Å². The van der Waals surface area contributed by atoms with E-state index < -0.39 is 0 Å². The molecule has 2 N–H and O–H groups in total. The van der Waals surface area contributed by atoms with Gasteiger partial charge in [-0.05, 0) is 43.5 Å². The summed E-state index contributed by atoms with van der Waals surface area (Å²) in [5, 5.41) is 14.0. The van der Waals surface area contributed by atoms with Crippen molar-refractivity contribution in [3.8, 4) is 11.5 Å². The van der Waals surface area contributed by atoms with Crippen LogP contribution in [0.25, 0.3) is 0 Å². The van der Waals surface area contributed by atoms with Gasteiger partial charge in [0.25, 0.3) is 0 Å². The number of methoxy groups -OCH3 is 1. The first-order valence-corrected chi connectivity index (χ1v) is 9.01. The fourth-order valence-electron chi connectivity index (χ4n) is 4.05. The summed E-state index contributed by atoms with van der Waals surface area (Å²) in [4.78, 5) is 0. The average Bonchev–Trinajstić information content (AvgIpc) is 2.63. The lowest BCUT2D eigenvalue weighted by atomic mass is 9.77. The van der Waals surface area contributed by atoms with Crippen LogP contribution in [0.3, 0.4) is 0 Å². The summed E-state index contributed by atoms with van der Waals surface area (Å²) in [6, 6.07) is 10.2. The highest BCUT2D eigenvalue weighted by Crippen LogP contribution is 2.50. The highest BCUT2D eigenvalue weighted by atomic mass is 35.5.